The molecular weight excluding hydrogens is 258 g/mol. The zero-order chi connectivity index (χ0) is 14.7. The van der Waals surface area contributed by atoms with E-state index >= 15 is 0 Å². The average molecular weight is 277 g/mol. The summed E-state index contributed by atoms with van der Waals surface area (Å²) in [6, 6.07) is 4.53. The molecule has 2 unspecified atom stereocenters. The lowest BCUT2D eigenvalue weighted by Gasteiger charge is -2.11. The van der Waals surface area contributed by atoms with Crippen LogP contribution in [0.1, 0.15) is 37.0 Å². The van der Waals surface area contributed by atoms with E-state index in [1.165, 1.54) is 12.1 Å². The molecule has 2 N–H and O–H groups in total. The highest BCUT2D eigenvalue weighted by Gasteiger charge is 2.37. The first kappa shape index (κ1) is 14.3. The van der Waals surface area contributed by atoms with E-state index in [-0.39, 0.29) is 17.6 Å². The number of nitro groups is 1. The van der Waals surface area contributed by atoms with Gasteiger partial charge in [-0.3, -0.25) is 14.9 Å². The summed E-state index contributed by atoms with van der Waals surface area (Å²) in [7, 11) is 0. The molecule has 6 heteroatoms. The van der Waals surface area contributed by atoms with Crippen molar-refractivity contribution in [3.63, 3.8) is 0 Å². The Kier molecular flexibility index (Phi) is 4.22. The van der Waals surface area contributed by atoms with Gasteiger partial charge >= 0.3 is 0 Å². The molecule has 1 aromatic rings. The van der Waals surface area contributed by atoms with Crippen molar-refractivity contribution in [1.82, 2.24) is 5.32 Å². The zero-order valence-electron chi connectivity index (χ0n) is 11.7. The van der Waals surface area contributed by atoms with Gasteiger partial charge in [-0.05, 0) is 25.3 Å². The van der Waals surface area contributed by atoms with Crippen molar-refractivity contribution in [3.05, 3.63) is 33.9 Å². The minimum atomic E-state index is -0.488. The molecule has 2 atom stereocenters. The molecule has 0 saturated heterocycles. The number of non-ortho nitro benzene ring substituents is 1. The second kappa shape index (κ2) is 5.90. The number of anilines is 1. The summed E-state index contributed by atoms with van der Waals surface area (Å²) in [5.74, 6) is 0.297. The number of carbonyl (C=O) groups is 1. The Labute approximate surface area is 117 Å². The molecule has 0 bridgehead atoms. The molecule has 0 spiro atoms. The van der Waals surface area contributed by atoms with E-state index in [4.69, 9.17) is 0 Å². The Hall–Kier alpha value is -2.11. The molecule has 1 aromatic carbocycles. The summed E-state index contributed by atoms with van der Waals surface area (Å²) in [5.41, 5.74) is 0.895. The van der Waals surface area contributed by atoms with Crippen LogP contribution in [-0.2, 0) is 0 Å². The number of hydrogen-bond acceptors (Lipinski definition) is 4. The van der Waals surface area contributed by atoms with Gasteiger partial charge in [0.1, 0.15) is 0 Å². The smallest absolute Gasteiger partial charge is 0.270 e. The molecule has 108 valence electrons. The number of benzene rings is 1. The van der Waals surface area contributed by atoms with Crippen LogP contribution in [-0.4, -0.2) is 23.4 Å². The van der Waals surface area contributed by atoms with Gasteiger partial charge in [0, 0.05) is 30.4 Å². The summed E-state index contributed by atoms with van der Waals surface area (Å²) in [5, 5.41) is 16.8. The van der Waals surface area contributed by atoms with Crippen molar-refractivity contribution in [1.29, 1.82) is 0 Å². The van der Waals surface area contributed by atoms with Crippen LogP contribution in [0.4, 0.5) is 11.4 Å². The highest BCUT2D eigenvalue weighted by atomic mass is 16.6. The third-order valence-electron chi connectivity index (χ3n) is 3.59. The Bertz CT molecular complexity index is 530. The van der Waals surface area contributed by atoms with E-state index in [0.717, 1.165) is 12.8 Å². The number of nitrogens with zero attached hydrogens (tertiary/aromatic N) is 1. The van der Waals surface area contributed by atoms with Crippen molar-refractivity contribution in [3.8, 4) is 0 Å². The first-order valence-corrected chi connectivity index (χ1v) is 6.90. The third-order valence-corrected chi connectivity index (χ3v) is 3.59. The van der Waals surface area contributed by atoms with E-state index < -0.39 is 4.92 Å². The van der Waals surface area contributed by atoms with Crippen LogP contribution < -0.4 is 10.6 Å². The van der Waals surface area contributed by atoms with E-state index in [1.807, 2.05) is 6.92 Å². The lowest BCUT2D eigenvalue weighted by molar-refractivity contribution is -0.384. The molecule has 0 aromatic heterocycles. The van der Waals surface area contributed by atoms with E-state index in [2.05, 4.69) is 17.6 Å². The third kappa shape index (κ3) is 3.07. The fourth-order valence-corrected chi connectivity index (χ4v) is 2.30. The van der Waals surface area contributed by atoms with Crippen LogP contribution >= 0.6 is 0 Å². The summed E-state index contributed by atoms with van der Waals surface area (Å²) in [6.07, 6.45) is 2.04. The van der Waals surface area contributed by atoms with Gasteiger partial charge in [0.2, 0.25) is 0 Å². The fourth-order valence-electron chi connectivity index (χ4n) is 2.30. The summed E-state index contributed by atoms with van der Waals surface area (Å²) >= 11 is 0. The first-order valence-electron chi connectivity index (χ1n) is 6.90. The molecule has 0 radical (unpaired) electrons. The lowest BCUT2D eigenvalue weighted by Crippen LogP contribution is -2.27. The monoisotopic (exact) mass is 277 g/mol. The summed E-state index contributed by atoms with van der Waals surface area (Å²) < 4.78 is 0. The maximum atomic E-state index is 12.3. The molecular formula is C14H19N3O3. The minimum Gasteiger partial charge on any atom is -0.385 e. The van der Waals surface area contributed by atoms with Crippen LogP contribution in [0.15, 0.2) is 18.2 Å². The number of rotatable bonds is 6. The quantitative estimate of drug-likeness (QED) is 0.618. The Morgan fingerprint density at radius 3 is 2.75 bits per heavy atom. The van der Waals surface area contributed by atoms with Gasteiger partial charge in [0.25, 0.3) is 11.6 Å². The number of nitrogens with one attached hydrogen (secondary N) is 2. The molecule has 1 aliphatic rings. The van der Waals surface area contributed by atoms with Gasteiger partial charge in [-0.15, -0.1) is 0 Å². The van der Waals surface area contributed by atoms with Crippen molar-refractivity contribution in [2.45, 2.75) is 32.7 Å². The number of nitro benzene ring substituents is 1. The predicted octanol–water partition coefficient (Wildman–Crippen LogP) is 2.55. The maximum absolute atomic E-state index is 12.3. The number of carbonyl (C=O) groups excluding carboxylic acids is 1. The van der Waals surface area contributed by atoms with Crippen LogP contribution in [0, 0.1) is 16.0 Å². The highest BCUT2D eigenvalue weighted by Crippen LogP contribution is 2.33. The van der Waals surface area contributed by atoms with Gasteiger partial charge in [-0.2, -0.15) is 0 Å². The van der Waals surface area contributed by atoms with E-state index in [1.54, 1.807) is 6.07 Å². The van der Waals surface area contributed by atoms with Crippen LogP contribution in [0.2, 0.25) is 0 Å². The average Bonchev–Trinajstić information content (AvgIpc) is 3.17. The summed E-state index contributed by atoms with van der Waals surface area (Å²) in [4.78, 5) is 22.6. The maximum Gasteiger partial charge on any atom is 0.270 e. The van der Waals surface area contributed by atoms with Gasteiger partial charge in [-0.1, -0.05) is 13.3 Å². The Morgan fingerprint density at radius 1 is 1.45 bits per heavy atom. The minimum absolute atomic E-state index is 0.0698. The lowest BCUT2D eigenvalue weighted by atomic mass is 10.1. The fraction of sp³-hybridized carbons (Fsp3) is 0.500. The zero-order valence-corrected chi connectivity index (χ0v) is 11.7. The molecule has 1 aliphatic carbocycles. The van der Waals surface area contributed by atoms with Crippen LogP contribution in [0.5, 0.6) is 0 Å². The second-order valence-electron chi connectivity index (χ2n) is 5.00. The van der Waals surface area contributed by atoms with Crippen molar-refractivity contribution in [2.24, 2.45) is 5.92 Å². The number of amides is 1. The molecule has 1 fully saturated rings. The Balaban J connectivity index is 2.20. The Morgan fingerprint density at radius 2 is 2.20 bits per heavy atom. The molecule has 1 amide bonds. The van der Waals surface area contributed by atoms with Gasteiger partial charge < -0.3 is 10.6 Å². The SMILES string of the molecule is CCNc1ccc([N+](=O)[O-])cc1C(=O)NC1CC1CC. The van der Waals surface area contributed by atoms with Crippen LogP contribution in [0.3, 0.4) is 0 Å². The van der Waals surface area contributed by atoms with Crippen molar-refractivity contribution in [2.75, 3.05) is 11.9 Å². The first-order chi connectivity index (χ1) is 9.56. The number of hydrogen-bond donors (Lipinski definition) is 2. The van der Waals surface area contributed by atoms with E-state index in [0.29, 0.717) is 23.7 Å². The van der Waals surface area contributed by atoms with Gasteiger partial charge in [-0.25, -0.2) is 0 Å². The van der Waals surface area contributed by atoms with E-state index in [9.17, 15) is 14.9 Å². The molecule has 20 heavy (non-hydrogen) atoms. The van der Waals surface area contributed by atoms with Gasteiger partial charge in [0.05, 0.1) is 10.5 Å². The standard InChI is InChI=1S/C14H19N3O3/c1-3-9-7-13(9)16-14(18)11-8-10(17(19)20)5-6-12(11)15-4-2/h5-6,8-9,13,15H,3-4,7H2,1-2H3,(H,16,18). The largest absolute Gasteiger partial charge is 0.385 e. The second-order valence-corrected chi connectivity index (χ2v) is 5.00. The molecule has 0 aliphatic heterocycles. The normalized spacial score (nSPS) is 20.3. The molecule has 1 saturated carbocycles. The molecule has 6 nitrogen and oxygen atoms in total. The van der Waals surface area contributed by atoms with Crippen molar-refractivity contribution < 1.29 is 9.72 Å². The topological polar surface area (TPSA) is 84.3 Å². The molecule has 2 rings (SSSR count). The van der Waals surface area contributed by atoms with Crippen LogP contribution in [0.25, 0.3) is 0 Å². The highest BCUT2D eigenvalue weighted by molar-refractivity contribution is 6.00. The van der Waals surface area contributed by atoms with Gasteiger partial charge in [0.15, 0.2) is 0 Å². The molecule has 0 heterocycles. The predicted molar refractivity (Wildman–Crippen MR) is 76.9 cm³/mol. The summed E-state index contributed by atoms with van der Waals surface area (Å²) in [6.45, 7) is 4.66. The van der Waals surface area contributed by atoms with Crippen molar-refractivity contribution >= 4 is 17.3 Å².